The van der Waals surface area contributed by atoms with Crippen LogP contribution in [0.25, 0.3) is 65.7 Å². The normalized spacial score (nSPS) is 11.4. The lowest BCUT2D eigenvalue weighted by Crippen LogP contribution is -1.92. The van der Waals surface area contributed by atoms with Crippen molar-refractivity contribution in [3.8, 4) is 33.4 Å². The molecule has 0 saturated heterocycles. The van der Waals surface area contributed by atoms with Crippen molar-refractivity contribution in [3.63, 3.8) is 0 Å². The van der Waals surface area contributed by atoms with E-state index >= 15 is 0 Å². The number of benzene rings is 7. The zero-order valence-electron chi connectivity index (χ0n) is 20.8. The van der Waals surface area contributed by atoms with Crippen LogP contribution in [0.5, 0.6) is 0 Å². The van der Waals surface area contributed by atoms with Crippen molar-refractivity contribution in [1.82, 2.24) is 0 Å². The first-order chi connectivity index (χ1) is 18.3. The van der Waals surface area contributed by atoms with Gasteiger partial charge in [0.25, 0.3) is 0 Å². The predicted molar refractivity (Wildman–Crippen MR) is 160 cm³/mol. The Labute approximate surface area is 217 Å². The highest BCUT2D eigenvalue weighted by atomic mass is 14.2. The highest BCUT2D eigenvalue weighted by Gasteiger charge is 2.18. The second kappa shape index (κ2) is 8.76. The van der Waals surface area contributed by atoms with Gasteiger partial charge in [-0.25, -0.2) is 0 Å². The van der Waals surface area contributed by atoms with Gasteiger partial charge in [0.1, 0.15) is 0 Å². The summed E-state index contributed by atoms with van der Waals surface area (Å²) >= 11 is 0. The molecule has 0 nitrogen and oxygen atoms in total. The van der Waals surface area contributed by atoms with E-state index in [0.717, 1.165) is 0 Å². The molecule has 37 heavy (non-hydrogen) atoms. The van der Waals surface area contributed by atoms with Gasteiger partial charge in [0.15, 0.2) is 0 Å². The third kappa shape index (κ3) is 3.53. The quantitative estimate of drug-likeness (QED) is 0.225. The molecule has 0 aromatic heterocycles. The average molecular weight is 471 g/mol. The molecule has 174 valence electrons. The first-order valence-electron chi connectivity index (χ1n) is 12.9. The molecule has 0 unspecified atom stereocenters. The number of fused-ring (bicyclic) bond motifs is 3. The van der Waals surface area contributed by atoms with Gasteiger partial charge < -0.3 is 0 Å². The fraction of sp³-hybridized carbons (Fsp3) is 0.0270. The molecule has 0 atom stereocenters. The molecule has 7 aromatic carbocycles. The van der Waals surface area contributed by atoms with Crippen LogP contribution in [-0.4, -0.2) is 0 Å². The van der Waals surface area contributed by atoms with E-state index in [4.69, 9.17) is 0 Å². The molecule has 0 heteroatoms. The van der Waals surface area contributed by atoms with Crippen LogP contribution in [0, 0.1) is 6.92 Å². The number of rotatable bonds is 3. The lowest BCUT2D eigenvalue weighted by Gasteiger charge is -2.19. The van der Waals surface area contributed by atoms with Gasteiger partial charge in [0.05, 0.1) is 0 Å². The maximum Gasteiger partial charge on any atom is -0.00201 e. The minimum Gasteiger partial charge on any atom is -0.0622 e. The summed E-state index contributed by atoms with van der Waals surface area (Å²) in [6.07, 6.45) is 0. The van der Waals surface area contributed by atoms with Gasteiger partial charge in [-0.3, -0.25) is 0 Å². The minimum absolute atomic E-state index is 1.24. The number of hydrogen-bond donors (Lipinski definition) is 0. The zero-order valence-corrected chi connectivity index (χ0v) is 20.8. The Morgan fingerprint density at radius 2 is 0.730 bits per heavy atom. The molecule has 0 saturated carbocycles. The number of aryl methyl sites for hydroxylation is 1. The van der Waals surface area contributed by atoms with Crippen LogP contribution in [0.3, 0.4) is 0 Å². The summed E-state index contributed by atoms with van der Waals surface area (Å²) in [6.45, 7) is 2.20. The standard InChI is InChI=1S/C37H26/c1-25-19-24-35(30-14-6-5-13-29(25)30)37-33-17-9-7-15-31(33)36(32-16-8-10-18-34(32)37)28-22-20-27(21-23-28)26-11-3-2-4-12-26/h2-24H,1H3. The Hall–Kier alpha value is -4.68. The molecule has 0 spiro atoms. The predicted octanol–water partition coefficient (Wildman–Crippen LogP) is 10.5. The van der Waals surface area contributed by atoms with E-state index in [1.54, 1.807) is 0 Å². The van der Waals surface area contributed by atoms with Crippen LogP contribution in [0.15, 0.2) is 140 Å². The lowest BCUT2D eigenvalue weighted by atomic mass is 9.84. The molecule has 0 N–H and O–H groups in total. The first-order valence-corrected chi connectivity index (χ1v) is 12.9. The fourth-order valence-corrected chi connectivity index (χ4v) is 5.86. The van der Waals surface area contributed by atoms with E-state index in [1.807, 2.05) is 0 Å². The van der Waals surface area contributed by atoms with Gasteiger partial charge >= 0.3 is 0 Å². The van der Waals surface area contributed by atoms with Gasteiger partial charge in [-0.2, -0.15) is 0 Å². The molecular weight excluding hydrogens is 444 g/mol. The van der Waals surface area contributed by atoms with Crippen molar-refractivity contribution in [2.75, 3.05) is 0 Å². The van der Waals surface area contributed by atoms with Crippen molar-refractivity contribution in [2.24, 2.45) is 0 Å². The highest BCUT2D eigenvalue weighted by molar-refractivity contribution is 6.23. The summed E-state index contributed by atoms with van der Waals surface area (Å²) in [4.78, 5) is 0. The SMILES string of the molecule is Cc1ccc(-c2c3ccccc3c(-c3ccc(-c4ccccc4)cc3)c3ccccc23)c2ccccc12. The minimum atomic E-state index is 1.24. The van der Waals surface area contributed by atoms with Crippen molar-refractivity contribution < 1.29 is 0 Å². The molecule has 0 amide bonds. The summed E-state index contributed by atoms with van der Waals surface area (Å²) in [5.74, 6) is 0. The largest absolute Gasteiger partial charge is 0.0622 e. The average Bonchev–Trinajstić information content (AvgIpc) is 2.97. The van der Waals surface area contributed by atoms with Gasteiger partial charge in [0, 0.05) is 0 Å². The molecule has 0 aliphatic rings. The molecule has 0 radical (unpaired) electrons. The second-order valence-electron chi connectivity index (χ2n) is 9.76. The Balaban J connectivity index is 1.54. The van der Waals surface area contributed by atoms with E-state index < -0.39 is 0 Å². The first kappa shape index (κ1) is 21.6. The van der Waals surface area contributed by atoms with Gasteiger partial charge in [-0.15, -0.1) is 0 Å². The van der Waals surface area contributed by atoms with Gasteiger partial charge in [0.2, 0.25) is 0 Å². The van der Waals surface area contributed by atoms with E-state index in [-0.39, 0.29) is 0 Å². The Morgan fingerprint density at radius 3 is 1.32 bits per heavy atom. The fourth-order valence-electron chi connectivity index (χ4n) is 5.86. The summed E-state index contributed by atoms with van der Waals surface area (Å²) in [5.41, 5.74) is 8.93. The molecule has 0 aliphatic heterocycles. The smallest absolute Gasteiger partial charge is 0.00201 e. The van der Waals surface area contributed by atoms with Crippen molar-refractivity contribution >= 4 is 32.3 Å². The van der Waals surface area contributed by atoms with Crippen LogP contribution < -0.4 is 0 Å². The second-order valence-corrected chi connectivity index (χ2v) is 9.76. The van der Waals surface area contributed by atoms with Crippen molar-refractivity contribution in [2.45, 2.75) is 6.92 Å². The van der Waals surface area contributed by atoms with Crippen molar-refractivity contribution in [1.29, 1.82) is 0 Å². The summed E-state index contributed by atoms with van der Waals surface area (Å²) < 4.78 is 0. The molecular formula is C37H26. The van der Waals surface area contributed by atoms with E-state index in [9.17, 15) is 0 Å². The molecule has 0 aliphatic carbocycles. The van der Waals surface area contributed by atoms with Crippen LogP contribution in [-0.2, 0) is 0 Å². The monoisotopic (exact) mass is 470 g/mol. The van der Waals surface area contributed by atoms with E-state index in [2.05, 4.69) is 146 Å². The van der Waals surface area contributed by atoms with Crippen LogP contribution >= 0.6 is 0 Å². The Kier molecular flexibility index (Phi) is 5.11. The van der Waals surface area contributed by atoms with E-state index in [0.29, 0.717) is 0 Å². The molecule has 0 bridgehead atoms. The summed E-state index contributed by atoms with van der Waals surface area (Å²) in [5, 5.41) is 7.77. The molecule has 0 heterocycles. The Bertz CT molecular complexity index is 1850. The zero-order chi connectivity index (χ0) is 24.8. The summed E-state index contributed by atoms with van der Waals surface area (Å²) in [7, 11) is 0. The van der Waals surface area contributed by atoms with E-state index in [1.165, 1.54) is 71.3 Å². The maximum absolute atomic E-state index is 2.31. The number of hydrogen-bond acceptors (Lipinski definition) is 0. The lowest BCUT2D eigenvalue weighted by molar-refractivity contribution is 1.53. The maximum atomic E-state index is 2.31. The van der Waals surface area contributed by atoms with Crippen LogP contribution in [0.4, 0.5) is 0 Å². The molecule has 0 fully saturated rings. The van der Waals surface area contributed by atoms with Crippen LogP contribution in [0.2, 0.25) is 0 Å². The third-order valence-corrected chi connectivity index (χ3v) is 7.62. The van der Waals surface area contributed by atoms with Crippen LogP contribution in [0.1, 0.15) is 5.56 Å². The molecule has 7 rings (SSSR count). The van der Waals surface area contributed by atoms with Gasteiger partial charge in [-0.05, 0) is 78.2 Å². The van der Waals surface area contributed by atoms with Gasteiger partial charge in [-0.1, -0.05) is 140 Å². The third-order valence-electron chi connectivity index (χ3n) is 7.62. The van der Waals surface area contributed by atoms with Crippen molar-refractivity contribution in [3.05, 3.63) is 145 Å². The molecule has 7 aromatic rings. The Morgan fingerprint density at radius 1 is 0.297 bits per heavy atom. The summed E-state index contributed by atoms with van der Waals surface area (Å²) in [6, 6.07) is 50.8. The topological polar surface area (TPSA) is 0 Å². The highest BCUT2D eigenvalue weighted by Crippen LogP contribution is 2.45.